The van der Waals surface area contributed by atoms with Crippen molar-refractivity contribution in [1.29, 1.82) is 0 Å². The molecule has 2 rings (SSSR count). The van der Waals surface area contributed by atoms with E-state index < -0.39 is 10.0 Å². The van der Waals surface area contributed by atoms with Crippen molar-refractivity contribution in [2.75, 3.05) is 16.2 Å². The average Bonchev–Trinajstić information content (AvgIpc) is 2.54. The second-order valence-electron chi connectivity index (χ2n) is 5.32. The largest absolute Gasteiger partial charge is 0.326 e. The molecule has 0 unspecified atom stereocenters. The van der Waals surface area contributed by atoms with Crippen molar-refractivity contribution < 1.29 is 13.2 Å². The van der Waals surface area contributed by atoms with Gasteiger partial charge < -0.3 is 5.32 Å². The molecule has 1 N–H and O–H groups in total. The first-order valence-corrected chi connectivity index (χ1v) is 8.87. The second kappa shape index (κ2) is 7.31. The number of anilines is 2. The lowest BCUT2D eigenvalue weighted by atomic mass is 10.2. The Kier molecular flexibility index (Phi) is 5.41. The predicted octanol–water partition coefficient (Wildman–Crippen LogP) is 3.33. The fourth-order valence-corrected chi connectivity index (χ4v) is 4.02. The first kappa shape index (κ1) is 17.7. The zero-order chi connectivity index (χ0) is 17.7. The van der Waals surface area contributed by atoms with Crippen molar-refractivity contribution in [3.8, 4) is 0 Å². The summed E-state index contributed by atoms with van der Waals surface area (Å²) in [5.74, 6) is -0.256. The van der Waals surface area contributed by atoms with Gasteiger partial charge in [0, 0.05) is 12.6 Å². The van der Waals surface area contributed by atoms with Crippen LogP contribution >= 0.6 is 0 Å². The highest BCUT2D eigenvalue weighted by Gasteiger charge is 2.26. The van der Waals surface area contributed by atoms with E-state index in [4.69, 9.17) is 0 Å². The molecular formula is C18H20N2O3S. The number of sulfonamides is 1. The number of nitrogens with one attached hydrogen (secondary N) is 1. The van der Waals surface area contributed by atoms with Gasteiger partial charge in [-0.2, -0.15) is 0 Å². The molecule has 0 heterocycles. The van der Waals surface area contributed by atoms with E-state index in [1.54, 1.807) is 43.3 Å². The number of aryl methyl sites for hydroxylation is 1. The van der Waals surface area contributed by atoms with Crippen LogP contribution in [0.2, 0.25) is 0 Å². The maximum Gasteiger partial charge on any atom is 0.264 e. The summed E-state index contributed by atoms with van der Waals surface area (Å²) in [6.45, 7) is 6.90. The van der Waals surface area contributed by atoms with Crippen LogP contribution in [0.5, 0.6) is 0 Å². The maximum absolute atomic E-state index is 13.1. The number of hydrogen-bond donors (Lipinski definition) is 1. The average molecular weight is 344 g/mol. The third-order valence-electron chi connectivity index (χ3n) is 3.42. The molecule has 0 aromatic heterocycles. The van der Waals surface area contributed by atoms with E-state index in [1.165, 1.54) is 23.4 Å². The summed E-state index contributed by atoms with van der Waals surface area (Å²) in [6.07, 6.45) is 1.54. The quantitative estimate of drug-likeness (QED) is 0.817. The van der Waals surface area contributed by atoms with E-state index >= 15 is 0 Å². The van der Waals surface area contributed by atoms with Gasteiger partial charge in [-0.25, -0.2) is 8.42 Å². The van der Waals surface area contributed by atoms with Crippen molar-refractivity contribution in [2.45, 2.75) is 18.7 Å². The highest BCUT2D eigenvalue weighted by Crippen LogP contribution is 2.27. The van der Waals surface area contributed by atoms with Crippen molar-refractivity contribution in [1.82, 2.24) is 0 Å². The Balaban J connectivity index is 2.54. The number of para-hydroxylation sites is 1. The van der Waals surface area contributed by atoms with Gasteiger partial charge in [0.25, 0.3) is 10.0 Å². The third-order valence-corrected chi connectivity index (χ3v) is 5.35. The fraction of sp³-hybridized carbons (Fsp3) is 0.167. The number of hydrogen-bond acceptors (Lipinski definition) is 3. The Labute approximate surface area is 142 Å². The lowest BCUT2D eigenvalue weighted by Gasteiger charge is -2.24. The number of carbonyl (C=O) groups excluding carboxylic acids is 1. The Morgan fingerprint density at radius 3 is 2.46 bits per heavy atom. The standard InChI is InChI=1S/C18H20N2O3S/c1-4-12-20(17-8-6-5-7-9-17)24(22,23)18-13-16(19-15(3)21)11-10-14(18)2/h4-11,13H,1,12H2,2-3H3,(H,19,21). The molecule has 0 saturated heterocycles. The second-order valence-corrected chi connectivity index (χ2v) is 7.15. The first-order valence-electron chi connectivity index (χ1n) is 7.43. The summed E-state index contributed by atoms with van der Waals surface area (Å²) >= 11 is 0. The van der Waals surface area contributed by atoms with Crippen molar-refractivity contribution in [2.24, 2.45) is 0 Å². The molecule has 6 heteroatoms. The lowest BCUT2D eigenvalue weighted by molar-refractivity contribution is -0.114. The minimum atomic E-state index is -3.79. The van der Waals surface area contributed by atoms with Crippen molar-refractivity contribution >= 4 is 27.3 Å². The molecule has 0 aliphatic rings. The molecule has 0 radical (unpaired) electrons. The van der Waals surface area contributed by atoms with Crippen molar-refractivity contribution in [3.05, 3.63) is 66.7 Å². The summed E-state index contributed by atoms with van der Waals surface area (Å²) in [4.78, 5) is 11.4. The van der Waals surface area contributed by atoms with Gasteiger partial charge in [-0.15, -0.1) is 6.58 Å². The molecule has 0 aliphatic carbocycles. The van der Waals surface area contributed by atoms with Crippen LogP contribution < -0.4 is 9.62 Å². The van der Waals surface area contributed by atoms with Crippen LogP contribution in [0.4, 0.5) is 11.4 Å². The van der Waals surface area contributed by atoms with Gasteiger partial charge in [0.2, 0.25) is 5.91 Å². The zero-order valence-corrected chi connectivity index (χ0v) is 14.5. The molecule has 1 amide bonds. The molecule has 5 nitrogen and oxygen atoms in total. The molecule has 2 aromatic carbocycles. The monoisotopic (exact) mass is 344 g/mol. The van der Waals surface area contributed by atoms with E-state index in [1.807, 2.05) is 6.07 Å². The van der Waals surface area contributed by atoms with E-state index in [0.29, 0.717) is 16.9 Å². The van der Waals surface area contributed by atoms with Gasteiger partial charge in [-0.3, -0.25) is 9.10 Å². The highest BCUT2D eigenvalue weighted by atomic mass is 32.2. The van der Waals surface area contributed by atoms with Gasteiger partial charge in [0.15, 0.2) is 0 Å². The number of benzene rings is 2. The van der Waals surface area contributed by atoms with E-state index in [0.717, 1.165) is 0 Å². The molecule has 0 fully saturated rings. The maximum atomic E-state index is 13.1. The smallest absolute Gasteiger partial charge is 0.264 e. The van der Waals surface area contributed by atoms with Crippen LogP contribution in [-0.2, 0) is 14.8 Å². The molecule has 24 heavy (non-hydrogen) atoms. The van der Waals surface area contributed by atoms with Crippen LogP contribution in [0.15, 0.2) is 66.1 Å². The van der Waals surface area contributed by atoms with Gasteiger partial charge in [0.1, 0.15) is 0 Å². The molecular weight excluding hydrogens is 324 g/mol. The summed E-state index contributed by atoms with van der Waals surface area (Å²) in [5.41, 5.74) is 1.61. The van der Waals surface area contributed by atoms with Gasteiger partial charge in [0.05, 0.1) is 17.1 Å². The van der Waals surface area contributed by atoms with Gasteiger partial charge in [-0.1, -0.05) is 30.3 Å². The molecule has 0 atom stereocenters. The zero-order valence-electron chi connectivity index (χ0n) is 13.7. The Hall–Kier alpha value is -2.60. The first-order chi connectivity index (χ1) is 11.4. The minimum Gasteiger partial charge on any atom is -0.326 e. The molecule has 0 aliphatic heterocycles. The van der Waals surface area contributed by atoms with Crippen molar-refractivity contribution in [3.63, 3.8) is 0 Å². The molecule has 2 aromatic rings. The summed E-state index contributed by atoms with van der Waals surface area (Å²) in [7, 11) is -3.79. The summed E-state index contributed by atoms with van der Waals surface area (Å²) in [6, 6.07) is 13.7. The van der Waals surface area contributed by atoms with E-state index in [2.05, 4.69) is 11.9 Å². The SMILES string of the molecule is C=CCN(c1ccccc1)S(=O)(=O)c1cc(NC(C)=O)ccc1C. The van der Waals surface area contributed by atoms with Crippen LogP contribution in [0.3, 0.4) is 0 Å². The lowest BCUT2D eigenvalue weighted by Crippen LogP contribution is -2.31. The minimum absolute atomic E-state index is 0.149. The normalized spacial score (nSPS) is 10.9. The fourth-order valence-electron chi connectivity index (χ4n) is 2.33. The van der Waals surface area contributed by atoms with Gasteiger partial charge >= 0.3 is 0 Å². The van der Waals surface area contributed by atoms with Gasteiger partial charge in [-0.05, 0) is 36.8 Å². The Morgan fingerprint density at radius 2 is 1.88 bits per heavy atom. The van der Waals surface area contributed by atoms with Crippen LogP contribution in [0, 0.1) is 6.92 Å². The molecule has 0 saturated carbocycles. The number of amides is 1. The highest BCUT2D eigenvalue weighted by molar-refractivity contribution is 7.92. The number of rotatable bonds is 6. The van der Waals surface area contributed by atoms with Crippen LogP contribution in [0.25, 0.3) is 0 Å². The Bertz CT molecular complexity index is 846. The Morgan fingerprint density at radius 1 is 1.21 bits per heavy atom. The van der Waals surface area contributed by atoms with Crippen LogP contribution in [0.1, 0.15) is 12.5 Å². The topological polar surface area (TPSA) is 66.5 Å². The summed E-state index contributed by atoms with van der Waals surface area (Å²) < 4.78 is 27.6. The van der Waals surface area contributed by atoms with Crippen LogP contribution in [-0.4, -0.2) is 20.9 Å². The summed E-state index contributed by atoms with van der Waals surface area (Å²) in [5, 5.41) is 2.61. The molecule has 0 bridgehead atoms. The predicted molar refractivity (Wildman–Crippen MR) is 96.7 cm³/mol. The molecule has 0 spiro atoms. The van der Waals surface area contributed by atoms with E-state index in [9.17, 15) is 13.2 Å². The number of carbonyl (C=O) groups is 1. The molecule has 126 valence electrons. The number of nitrogens with zero attached hydrogens (tertiary/aromatic N) is 1. The van der Waals surface area contributed by atoms with E-state index in [-0.39, 0.29) is 17.3 Å². The third kappa shape index (κ3) is 3.83.